The third kappa shape index (κ3) is 3.03. The van der Waals surface area contributed by atoms with Gasteiger partial charge in [-0.3, -0.25) is 5.41 Å². The third-order valence-corrected chi connectivity index (χ3v) is 9.31. The summed E-state index contributed by atoms with van der Waals surface area (Å²) in [7, 11) is -1.10. The van der Waals surface area contributed by atoms with E-state index in [1.54, 1.807) is 18.2 Å². The fourth-order valence-corrected chi connectivity index (χ4v) is 7.31. The lowest BCUT2D eigenvalue weighted by molar-refractivity contribution is 0.0268. The van der Waals surface area contributed by atoms with Crippen molar-refractivity contribution in [2.75, 3.05) is 27.4 Å². The number of hydrogen-bond donors (Lipinski definition) is 3. The van der Waals surface area contributed by atoms with Crippen LogP contribution in [-0.2, 0) is 25.0 Å². The first-order valence-corrected chi connectivity index (χ1v) is 11.4. The maximum atomic E-state index is 13.0. The highest BCUT2D eigenvalue weighted by atomic mass is 35.5. The topological polar surface area (TPSA) is 125 Å². The summed E-state index contributed by atoms with van der Waals surface area (Å²) >= 11 is 7.84. The molecule has 2 aliphatic heterocycles. The van der Waals surface area contributed by atoms with Gasteiger partial charge in [-0.2, -0.15) is 0 Å². The molecule has 2 atom stereocenters. The number of esters is 1. The fraction of sp³-hybridized carbons (Fsp3) is 0.412. The van der Waals surface area contributed by atoms with Gasteiger partial charge in [0.05, 0.1) is 34.2 Å². The highest BCUT2D eigenvalue weighted by Gasteiger charge is 2.57. The van der Waals surface area contributed by atoms with Gasteiger partial charge in [-0.1, -0.05) is 11.6 Å². The number of ether oxygens (including phenoxy) is 2. The Morgan fingerprint density at radius 2 is 2.24 bits per heavy atom. The smallest absolute Gasteiger partial charge is 0.354 e. The van der Waals surface area contributed by atoms with Crippen molar-refractivity contribution in [2.45, 2.75) is 17.2 Å². The zero-order valence-electron chi connectivity index (χ0n) is 15.6. The predicted molar refractivity (Wildman–Crippen MR) is 109 cm³/mol. The maximum absolute atomic E-state index is 13.0. The number of rotatable bonds is 3. The number of guanidine groups is 1. The molecule has 9 nitrogen and oxygen atoms in total. The number of thiophene rings is 1. The normalized spacial score (nSPS) is 26.0. The average Bonchev–Trinajstić information content (AvgIpc) is 3.33. The van der Waals surface area contributed by atoms with Crippen molar-refractivity contribution in [3.05, 3.63) is 33.8 Å². The van der Waals surface area contributed by atoms with Crippen LogP contribution in [0.4, 0.5) is 0 Å². The molecule has 3 N–H and O–H groups in total. The van der Waals surface area contributed by atoms with Gasteiger partial charge < -0.3 is 19.8 Å². The molecule has 0 saturated carbocycles. The van der Waals surface area contributed by atoms with Gasteiger partial charge in [0.25, 0.3) is 0 Å². The van der Waals surface area contributed by atoms with Crippen LogP contribution in [0.5, 0.6) is 0 Å². The molecule has 0 spiro atoms. The Labute approximate surface area is 176 Å². The van der Waals surface area contributed by atoms with E-state index in [4.69, 9.17) is 26.5 Å². The lowest BCUT2D eigenvalue weighted by Gasteiger charge is -2.49. The van der Waals surface area contributed by atoms with Crippen LogP contribution in [0, 0.1) is 5.41 Å². The summed E-state index contributed by atoms with van der Waals surface area (Å²) in [6.45, 7) is 0.383. The van der Waals surface area contributed by atoms with Gasteiger partial charge in [-0.25, -0.2) is 17.5 Å². The summed E-state index contributed by atoms with van der Waals surface area (Å²) in [4.78, 5) is 16.0. The summed E-state index contributed by atoms with van der Waals surface area (Å²) in [5.74, 6) is -0.722. The van der Waals surface area contributed by atoms with Crippen molar-refractivity contribution in [2.24, 2.45) is 0 Å². The molecule has 4 heterocycles. The quantitative estimate of drug-likeness (QED) is 0.604. The Kier molecular flexibility index (Phi) is 4.88. The maximum Gasteiger partial charge on any atom is 0.354 e. The van der Waals surface area contributed by atoms with Gasteiger partial charge >= 0.3 is 5.97 Å². The molecule has 2 aliphatic rings. The third-order valence-electron chi connectivity index (χ3n) is 5.25. The number of sulfonamides is 1. The number of fused-ring (bicyclic) bond motifs is 1. The molecule has 0 aromatic carbocycles. The average molecular weight is 459 g/mol. The molecule has 2 aromatic rings. The van der Waals surface area contributed by atoms with E-state index >= 15 is 0 Å². The summed E-state index contributed by atoms with van der Waals surface area (Å²) < 4.78 is 37.4. The van der Waals surface area contributed by atoms with Crippen LogP contribution in [-0.4, -0.2) is 62.3 Å². The molecular weight excluding hydrogens is 440 g/mol. The second-order valence-corrected chi connectivity index (χ2v) is 10.5. The van der Waals surface area contributed by atoms with E-state index in [1.807, 2.05) is 0 Å². The van der Waals surface area contributed by atoms with Crippen LogP contribution in [0.25, 0.3) is 10.6 Å². The number of halogens is 1. The first-order chi connectivity index (χ1) is 13.7. The molecule has 2 saturated heterocycles. The molecule has 2 fully saturated rings. The molecule has 4 rings (SSSR count). The highest BCUT2D eigenvalue weighted by Crippen LogP contribution is 2.47. The Bertz CT molecular complexity index is 1100. The predicted octanol–water partition coefficient (Wildman–Crippen LogP) is 1.97. The number of aromatic amines is 1. The number of carbonyl (C=O) groups is 1. The van der Waals surface area contributed by atoms with Crippen LogP contribution in [0.2, 0.25) is 5.02 Å². The van der Waals surface area contributed by atoms with Crippen LogP contribution in [0.3, 0.4) is 0 Å². The van der Waals surface area contributed by atoms with Crippen molar-refractivity contribution < 1.29 is 22.7 Å². The molecule has 2 aromatic heterocycles. The van der Waals surface area contributed by atoms with Crippen molar-refractivity contribution in [1.29, 1.82) is 5.41 Å². The summed E-state index contributed by atoms with van der Waals surface area (Å²) in [5.41, 5.74) is -0.204. The Morgan fingerprint density at radius 3 is 2.97 bits per heavy atom. The molecule has 1 unspecified atom stereocenters. The van der Waals surface area contributed by atoms with Gasteiger partial charge in [0, 0.05) is 13.7 Å². The van der Waals surface area contributed by atoms with Gasteiger partial charge in [-0.15, -0.1) is 11.3 Å². The number of methoxy groups -OCH3 is 1. The van der Waals surface area contributed by atoms with E-state index in [-0.39, 0.29) is 19.0 Å². The standard InChI is InChI=1S/C17H19ClN4O5S2/c1-22-16(19)21-17(8-27-6-5-13(17)29(22,24)25)14-9(18)7-12(28-14)10-3-4-11(20-10)15(23)26-2/h3-4,7,13,20H,5-6,8H2,1-2H3,(H2,19,21)/t13?,17-/m0/s1. The minimum absolute atomic E-state index is 0.0743. The monoisotopic (exact) mass is 458 g/mol. The molecule has 0 bridgehead atoms. The Hall–Kier alpha value is -2.08. The van der Waals surface area contributed by atoms with E-state index < -0.39 is 26.8 Å². The second-order valence-electron chi connectivity index (χ2n) is 6.85. The largest absolute Gasteiger partial charge is 0.464 e. The van der Waals surface area contributed by atoms with E-state index in [0.717, 1.165) is 9.18 Å². The minimum Gasteiger partial charge on any atom is -0.464 e. The molecule has 29 heavy (non-hydrogen) atoms. The Balaban J connectivity index is 1.80. The van der Waals surface area contributed by atoms with Gasteiger partial charge in [0.2, 0.25) is 16.0 Å². The number of carbonyl (C=O) groups excluding carboxylic acids is 1. The van der Waals surface area contributed by atoms with Crippen LogP contribution >= 0.6 is 22.9 Å². The first-order valence-electron chi connectivity index (χ1n) is 8.70. The van der Waals surface area contributed by atoms with Gasteiger partial charge in [-0.05, 0) is 24.6 Å². The SMILES string of the molecule is COC(=O)c1ccc(-c2cc(Cl)c([C@]34COCCC3S(=O)(=O)N(C)C(=N)N4)s2)[nH]1. The van der Waals surface area contributed by atoms with Crippen LogP contribution < -0.4 is 5.32 Å². The molecule has 156 valence electrons. The van der Waals surface area contributed by atoms with E-state index in [0.29, 0.717) is 27.9 Å². The van der Waals surface area contributed by atoms with E-state index in [9.17, 15) is 13.2 Å². The summed E-state index contributed by atoms with van der Waals surface area (Å²) in [6, 6.07) is 5.05. The number of H-pyrrole nitrogens is 1. The lowest BCUT2D eigenvalue weighted by atomic mass is 9.89. The van der Waals surface area contributed by atoms with Crippen molar-refractivity contribution in [3.63, 3.8) is 0 Å². The van der Waals surface area contributed by atoms with Crippen LogP contribution in [0.1, 0.15) is 21.8 Å². The Morgan fingerprint density at radius 1 is 1.48 bits per heavy atom. The van der Waals surface area contributed by atoms with E-state index in [1.165, 1.54) is 25.5 Å². The van der Waals surface area contributed by atoms with Crippen molar-refractivity contribution in [1.82, 2.24) is 14.6 Å². The fourth-order valence-electron chi connectivity index (χ4n) is 3.73. The number of nitrogens with one attached hydrogen (secondary N) is 3. The number of aromatic nitrogens is 1. The first kappa shape index (κ1) is 20.2. The van der Waals surface area contributed by atoms with Crippen LogP contribution in [0.15, 0.2) is 18.2 Å². The summed E-state index contributed by atoms with van der Waals surface area (Å²) in [5, 5.41) is 10.7. The number of nitrogens with zero attached hydrogens (tertiary/aromatic N) is 1. The zero-order valence-corrected chi connectivity index (χ0v) is 18.0. The lowest BCUT2D eigenvalue weighted by Crippen LogP contribution is -2.70. The van der Waals surface area contributed by atoms with Crippen molar-refractivity contribution >= 4 is 44.9 Å². The number of hydrogen-bond acceptors (Lipinski definition) is 7. The molecule has 12 heteroatoms. The molecular formula is C17H19ClN4O5S2. The summed E-state index contributed by atoms with van der Waals surface area (Å²) in [6.07, 6.45) is 0.283. The van der Waals surface area contributed by atoms with E-state index in [2.05, 4.69) is 10.3 Å². The highest BCUT2D eigenvalue weighted by molar-refractivity contribution is 7.90. The minimum atomic E-state index is -3.76. The molecule has 0 aliphatic carbocycles. The zero-order chi connectivity index (χ0) is 21.0. The van der Waals surface area contributed by atoms with Crippen molar-refractivity contribution in [3.8, 4) is 10.6 Å². The second kappa shape index (κ2) is 7.01. The van der Waals surface area contributed by atoms with Gasteiger partial charge in [0.1, 0.15) is 16.5 Å². The molecule has 0 radical (unpaired) electrons. The molecule has 0 amide bonds. The van der Waals surface area contributed by atoms with Gasteiger partial charge in [0.15, 0.2) is 0 Å².